The molecule has 0 saturated carbocycles. The van der Waals surface area contributed by atoms with Crippen molar-refractivity contribution in [3.63, 3.8) is 0 Å². The maximum absolute atomic E-state index is 13.2. The van der Waals surface area contributed by atoms with Gasteiger partial charge in [0.05, 0.1) is 12.1 Å². The van der Waals surface area contributed by atoms with E-state index in [1.54, 1.807) is 31.2 Å². The van der Waals surface area contributed by atoms with Crippen molar-refractivity contribution in [2.24, 2.45) is 0 Å². The zero-order chi connectivity index (χ0) is 19.7. The molecule has 0 amide bonds. The Morgan fingerprint density at radius 3 is 2.64 bits per heavy atom. The number of ether oxygens (including phenoxy) is 1. The number of hydrogen-bond acceptors (Lipinski definition) is 3. The van der Waals surface area contributed by atoms with Gasteiger partial charge in [-0.3, -0.25) is 0 Å². The number of carbonyl (C=O) groups excluding carboxylic acids is 1. The highest BCUT2D eigenvalue weighted by atomic mass is 35.5. The van der Waals surface area contributed by atoms with Crippen molar-refractivity contribution < 1.29 is 18.3 Å². The van der Waals surface area contributed by atoms with E-state index in [2.05, 4.69) is 0 Å². The summed E-state index contributed by atoms with van der Waals surface area (Å²) in [6.45, 7) is 2.48. The predicted molar refractivity (Wildman–Crippen MR) is 106 cm³/mol. The minimum atomic E-state index is -0.417. The quantitative estimate of drug-likeness (QED) is 0.393. The first-order chi connectivity index (χ1) is 13.5. The molecule has 2 heterocycles. The molecule has 6 heteroatoms. The number of benzene rings is 2. The molecule has 0 bridgehead atoms. The summed E-state index contributed by atoms with van der Waals surface area (Å²) >= 11 is 6.10. The van der Waals surface area contributed by atoms with Crippen LogP contribution < -0.4 is 0 Å². The molecule has 0 N–H and O–H groups in total. The van der Waals surface area contributed by atoms with Crippen LogP contribution in [0.25, 0.3) is 22.4 Å². The van der Waals surface area contributed by atoms with E-state index in [1.165, 1.54) is 12.1 Å². The minimum Gasteiger partial charge on any atom is -0.461 e. The highest BCUT2D eigenvalue weighted by Gasteiger charge is 2.20. The van der Waals surface area contributed by atoms with Gasteiger partial charge in [-0.25, -0.2) is 9.18 Å². The SMILES string of the molecule is CCOC(=O)c1cc2oc(-c3ccc(F)cc3)cc2n1Cc1cccc(Cl)c1. The molecule has 4 aromatic rings. The molecule has 0 fully saturated rings. The van der Waals surface area contributed by atoms with Gasteiger partial charge in [-0.1, -0.05) is 23.7 Å². The van der Waals surface area contributed by atoms with Gasteiger partial charge in [-0.15, -0.1) is 0 Å². The van der Waals surface area contributed by atoms with E-state index >= 15 is 0 Å². The van der Waals surface area contributed by atoms with Gasteiger partial charge in [-0.2, -0.15) is 0 Å². The first kappa shape index (κ1) is 18.3. The average molecular weight is 398 g/mol. The molecule has 0 aliphatic carbocycles. The largest absolute Gasteiger partial charge is 0.461 e. The molecule has 2 aromatic carbocycles. The smallest absolute Gasteiger partial charge is 0.355 e. The number of rotatable bonds is 5. The van der Waals surface area contributed by atoms with Gasteiger partial charge in [0.2, 0.25) is 0 Å². The van der Waals surface area contributed by atoms with Gasteiger partial charge in [0, 0.05) is 29.3 Å². The minimum absolute atomic E-state index is 0.281. The molecule has 0 saturated heterocycles. The van der Waals surface area contributed by atoms with E-state index in [0.29, 0.717) is 28.6 Å². The first-order valence-corrected chi connectivity index (χ1v) is 9.23. The van der Waals surface area contributed by atoms with Crippen molar-refractivity contribution in [3.8, 4) is 11.3 Å². The second-order valence-corrected chi connectivity index (χ2v) is 6.77. The van der Waals surface area contributed by atoms with Crippen LogP contribution in [0.15, 0.2) is 65.1 Å². The Labute approximate surface area is 166 Å². The van der Waals surface area contributed by atoms with Crippen molar-refractivity contribution in [3.05, 3.63) is 82.8 Å². The zero-order valence-electron chi connectivity index (χ0n) is 15.1. The maximum Gasteiger partial charge on any atom is 0.355 e. The van der Waals surface area contributed by atoms with Gasteiger partial charge < -0.3 is 13.7 Å². The molecule has 2 aromatic heterocycles. The predicted octanol–water partition coefficient (Wildman–Crippen LogP) is 5.92. The lowest BCUT2D eigenvalue weighted by Crippen LogP contribution is -2.12. The Morgan fingerprint density at radius 1 is 1.14 bits per heavy atom. The second-order valence-electron chi connectivity index (χ2n) is 6.33. The van der Waals surface area contributed by atoms with Crippen LogP contribution in [0.1, 0.15) is 23.0 Å². The summed E-state index contributed by atoms with van der Waals surface area (Å²) in [5.41, 5.74) is 3.41. The summed E-state index contributed by atoms with van der Waals surface area (Å²) in [6.07, 6.45) is 0. The highest BCUT2D eigenvalue weighted by molar-refractivity contribution is 6.30. The number of carbonyl (C=O) groups is 1. The number of nitrogens with zero attached hydrogens (tertiary/aromatic N) is 1. The number of fused-ring (bicyclic) bond motifs is 1. The third-order valence-corrected chi connectivity index (χ3v) is 4.67. The fourth-order valence-electron chi connectivity index (χ4n) is 3.16. The van der Waals surface area contributed by atoms with Gasteiger partial charge in [0.25, 0.3) is 0 Å². The second kappa shape index (κ2) is 7.52. The van der Waals surface area contributed by atoms with Crippen LogP contribution in [0.4, 0.5) is 4.39 Å². The molecular weight excluding hydrogens is 381 g/mol. The molecular formula is C22H17ClFNO3. The van der Waals surface area contributed by atoms with E-state index in [-0.39, 0.29) is 12.4 Å². The fraction of sp³-hybridized carbons (Fsp3) is 0.136. The monoisotopic (exact) mass is 397 g/mol. The Morgan fingerprint density at radius 2 is 1.93 bits per heavy atom. The summed E-state index contributed by atoms with van der Waals surface area (Å²) in [6, 6.07) is 17.0. The molecule has 0 unspecified atom stereocenters. The van der Waals surface area contributed by atoms with E-state index < -0.39 is 5.97 Å². The van der Waals surface area contributed by atoms with Gasteiger partial charge in [-0.05, 0) is 48.9 Å². The van der Waals surface area contributed by atoms with Crippen LogP contribution in [0.2, 0.25) is 5.02 Å². The Balaban J connectivity index is 1.81. The van der Waals surface area contributed by atoms with Crippen LogP contribution in [0, 0.1) is 5.82 Å². The number of halogens is 2. The summed E-state index contributed by atoms with van der Waals surface area (Å²) in [7, 11) is 0. The van der Waals surface area contributed by atoms with Crippen LogP contribution in [-0.4, -0.2) is 17.1 Å². The van der Waals surface area contributed by atoms with Crippen molar-refractivity contribution in [2.45, 2.75) is 13.5 Å². The summed E-state index contributed by atoms with van der Waals surface area (Å²) in [5.74, 6) is -0.130. The topological polar surface area (TPSA) is 44.4 Å². The standard InChI is InChI=1S/C22H17ClFNO3/c1-2-27-22(26)19-12-21-18(25(19)13-14-4-3-5-16(23)10-14)11-20(28-21)15-6-8-17(24)9-7-15/h3-12H,2,13H2,1H3. The molecule has 0 atom stereocenters. The van der Waals surface area contributed by atoms with Crippen LogP contribution in [0.3, 0.4) is 0 Å². The number of hydrogen-bond donors (Lipinski definition) is 0. The lowest BCUT2D eigenvalue weighted by Gasteiger charge is -2.10. The van der Waals surface area contributed by atoms with Gasteiger partial charge in [0.1, 0.15) is 17.3 Å². The highest BCUT2D eigenvalue weighted by Crippen LogP contribution is 2.31. The molecule has 0 aliphatic rings. The van der Waals surface area contributed by atoms with Crippen molar-refractivity contribution >= 4 is 28.7 Å². The Kier molecular flexibility index (Phi) is 4.92. The molecule has 28 heavy (non-hydrogen) atoms. The van der Waals surface area contributed by atoms with E-state index in [4.69, 9.17) is 20.8 Å². The fourth-order valence-corrected chi connectivity index (χ4v) is 3.37. The molecule has 0 aliphatic heterocycles. The summed E-state index contributed by atoms with van der Waals surface area (Å²) < 4.78 is 26.2. The first-order valence-electron chi connectivity index (χ1n) is 8.85. The maximum atomic E-state index is 13.2. The molecule has 0 spiro atoms. The normalized spacial score (nSPS) is 11.1. The number of aromatic nitrogens is 1. The molecule has 142 valence electrons. The zero-order valence-corrected chi connectivity index (χ0v) is 15.9. The average Bonchev–Trinajstić information content (AvgIpc) is 3.22. The Hall–Kier alpha value is -3.05. The van der Waals surface area contributed by atoms with Crippen molar-refractivity contribution in [1.82, 2.24) is 4.57 Å². The lowest BCUT2D eigenvalue weighted by atomic mass is 10.2. The molecule has 4 nitrogen and oxygen atoms in total. The lowest BCUT2D eigenvalue weighted by molar-refractivity contribution is 0.0515. The van der Waals surface area contributed by atoms with Gasteiger partial charge >= 0.3 is 5.97 Å². The van der Waals surface area contributed by atoms with Crippen molar-refractivity contribution in [1.29, 1.82) is 0 Å². The number of furan rings is 1. The third-order valence-electron chi connectivity index (χ3n) is 4.43. The van der Waals surface area contributed by atoms with Crippen LogP contribution in [-0.2, 0) is 11.3 Å². The van der Waals surface area contributed by atoms with Crippen molar-refractivity contribution in [2.75, 3.05) is 6.61 Å². The summed E-state index contributed by atoms with van der Waals surface area (Å²) in [4.78, 5) is 12.4. The van der Waals surface area contributed by atoms with Crippen LogP contribution in [0.5, 0.6) is 0 Å². The molecule has 0 radical (unpaired) electrons. The van der Waals surface area contributed by atoms with Crippen LogP contribution >= 0.6 is 11.6 Å². The third kappa shape index (κ3) is 3.53. The van der Waals surface area contributed by atoms with E-state index in [9.17, 15) is 9.18 Å². The summed E-state index contributed by atoms with van der Waals surface area (Å²) in [5, 5.41) is 0.623. The Bertz CT molecular complexity index is 1140. The van der Waals surface area contributed by atoms with E-state index in [1.807, 2.05) is 28.8 Å². The van der Waals surface area contributed by atoms with Gasteiger partial charge in [0.15, 0.2) is 5.58 Å². The van der Waals surface area contributed by atoms with E-state index in [0.717, 1.165) is 16.6 Å². The number of esters is 1. The molecule has 4 rings (SSSR count).